The Bertz CT molecular complexity index is 742. The summed E-state index contributed by atoms with van der Waals surface area (Å²) >= 11 is 0. The van der Waals surface area contributed by atoms with Crippen LogP contribution in [0.25, 0.3) is 0 Å². The molecule has 0 unspecified atom stereocenters. The molecule has 1 aromatic heterocycles. The molecule has 0 spiro atoms. The van der Waals surface area contributed by atoms with Crippen LogP contribution in [-0.2, 0) is 0 Å². The first-order valence-corrected chi connectivity index (χ1v) is 8.81. The first kappa shape index (κ1) is 20.3. The summed E-state index contributed by atoms with van der Waals surface area (Å²) in [6.45, 7) is 2.75. The van der Waals surface area contributed by atoms with E-state index in [1.165, 1.54) is 6.20 Å². The molecule has 2 aromatic rings. The third-order valence-electron chi connectivity index (χ3n) is 3.87. The number of hydrogen-bond acceptors (Lipinski definition) is 7. The number of carbonyl (C=O) groups is 1. The smallest absolute Gasteiger partial charge is 0.270 e. The quantitative estimate of drug-likeness (QED) is 0.617. The van der Waals surface area contributed by atoms with Crippen molar-refractivity contribution in [3.63, 3.8) is 0 Å². The predicted octanol–water partition coefficient (Wildman–Crippen LogP) is 3.17. The van der Waals surface area contributed by atoms with Crippen LogP contribution < -0.4 is 24.8 Å². The van der Waals surface area contributed by atoms with Crippen molar-refractivity contribution in [2.24, 2.45) is 0 Å². The number of aromatic nitrogens is 2. The molecule has 0 bridgehead atoms. The van der Waals surface area contributed by atoms with Gasteiger partial charge >= 0.3 is 0 Å². The van der Waals surface area contributed by atoms with E-state index in [0.29, 0.717) is 41.1 Å². The van der Waals surface area contributed by atoms with Crippen molar-refractivity contribution in [2.45, 2.75) is 26.2 Å². The van der Waals surface area contributed by atoms with Crippen LogP contribution in [0.1, 0.15) is 36.7 Å². The number of benzene rings is 1. The van der Waals surface area contributed by atoms with Crippen LogP contribution in [0.4, 0.5) is 11.6 Å². The van der Waals surface area contributed by atoms with Gasteiger partial charge in [0.05, 0.1) is 21.3 Å². The lowest BCUT2D eigenvalue weighted by Crippen LogP contribution is -2.25. The second kappa shape index (κ2) is 10.2. The Kier molecular flexibility index (Phi) is 7.66. The molecule has 27 heavy (non-hydrogen) atoms. The molecule has 1 amide bonds. The number of nitrogens with zero attached hydrogens (tertiary/aromatic N) is 2. The minimum Gasteiger partial charge on any atom is -0.493 e. The number of carbonyl (C=O) groups excluding carboxylic acids is 1. The Balaban J connectivity index is 2.15. The average Bonchev–Trinajstić information content (AvgIpc) is 2.70. The lowest BCUT2D eigenvalue weighted by Gasteiger charge is -2.14. The number of nitrogens with one attached hydrogen (secondary N) is 2. The zero-order valence-corrected chi connectivity index (χ0v) is 16.2. The van der Waals surface area contributed by atoms with E-state index in [9.17, 15) is 4.79 Å². The van der Waals surface area contributed by atoms with E-state index in [-0.39, 0.29) is 5.91 Å². The van der Waals surface area contributed by atoms with Gasteiger partial charge in [0.2, 0.25) is 11.7 Å². The number of rotatable bonds is 10. The molecular weight excluding hydrogens is 348 g/mol. The first-order chi connectivity index (χ1) is 13.1. The summed E-state index contributed by atoms with van der Waals surface area (Å²) in [6.07, 6.45) is 4.67. The number of hydrogen-bond donors (Lipinski definition) is 2. The molecule has 0 aliphatic heterocycles. The van der Waals surface area contributed by atoms with Crippen molar-refractivity contribution >= 4 is 17.5 Å². The van der Waals surface area contributed by atoms with Gasteiger partial charge in [0.15, 0.2) is 11.5 Å². The third-order valence-corrected chi connectivity index (χ3v) is 3.87. The second-order valence-corrected chi connectivity index (χ2v) is 5.77. The first-order valence-electron chi connectivity index (χ1n) is 8.81. The van der Waals surface area contributed by atoms with Gasteiger partial charge in [0, 0.05) is 30.6 Å². The van der Waals surface area contributed by atoms with E-state index in [1.807, 2.05) is 0 Å². The molecule has 2 rings (SSSR count). The highest BCUT2D eigenvalue weighted by Crippen LogP contribution is 2.40. The van der Waals surface area contributed by atoms with Gasteiger partial charge in [-0.05, 0) is 12.5 Å². The summed E-state index contributed by atoms with van der Waals surface area (Å²) in [4.78, 5) is 20.6. The molecule has 0 saturated carbocycles. The monoisotopic (exact) mass is 374 g/mol. The summed E-state index contributed by atoms with van der Waals surface area (Å²) in [7, 11) is 4.63. The van der Waals surface area contributed by atoms with Crippen molar-refractivity contribution in [3.8, 4) is 17.2 Å². The van der Waals surface area contributed by atoms with Gasteiger partial charge in [-0.3, -0.25) is 4.79 Å². The van der Waals surface area contributed by atoms with Gasteiger partial charge in [-0.25, -0.2) is 9.97 Å². The normalized spacial score (nSPS) is 10.2. The molecule has 0 aliphatic carbocycles. The fraction of sp³-hybridized carbons (Fsp3) is 0.421. The highest BCUT2D eigenvalue weighted by atomic mass is 16.5. The maximum atomic E-state index is 12.2. The van der Waals surface area contributed by atoms with Crippen LogP contribution in [0, 0.1) is 0 Å². The summed E-state index contributed by atoms with van der Waals surface area (Å²) in [5.74, 6) is 1.58. The molecule has 1 aromatic carbocycles. The molecule has 0 radical (unpaired) electrons. The number of anilines is 2. The predicted molar refractivity (Wildman–Crippen MR) is 103 cm³/mol. The minimum atomic E-state index is -0.221. The van der Waals surface area contributed by atoms with E-state index in [1.54, 1.807) is 39.5 Å². The van der Waals surface area contributed by atoms with Gasteiger partial charge in [-0.2, -0.15) is 0 Å². The van der Waals surface area contributed by atoms with Crippen molar-refractivity contribution < 1.29 is 19.0 Å². The Morgan fingerprint density at radius 2 is 1.78 bits per heavy atom. The van der Waals surface area contributed by atoms with Crippen molar-refractivity contribution in [1.82, 2.24) is 15.3 Å². The molecule has 0 atom stereocenters. The average molecular weight is 374 g/mol. The molecule has 0 fully saturated rings. The van der Waals surface area contributed by atoms with Crippen LogP contribution >= 0.6 is 0 Å². The highest BCUT2D eigenvalue weighted by Gasteiger charge is 2.14. The maximum absolute atomic E-state index is 12.2. The molecule has 0 aliphatic rings. The summed E-state index contributed by atoms with van der Waals surface area (Å²) < 4.78 is 16.0. The van der Waals surface area contributed by atoms with Gasteiger partial charge in [0.1, 0.15) is 5.69 Å². The highest BCUT2D eigenvalue weighted by molar-refractivity contribution is 5.92. The maximum Gasteiger partial charge on any atom is 0.270 e. The van der Waals surface area contributed by atoms with Gasteiger partial charge in [-0.1, -0.05) is 19.8 Å². The molecule has 8 heteroatoms. The van der Waals surface area contributed by atoms with E-state index >= 15 is 0 Å². The topological polar surface area (TPSA) is 94.6 Å². The Labute approximate surface area is 159 Å². The number of methoxy groups -OCH3 is 3. The number of amides is 1. The third kappa shape index (κ3) is 5.47. The molecule has 1 heterocycles. The van der Waals surface area contributed by atoms with Crippen molar-refractivity contribution in [2.75, 3.05) is 33.2 Å². The van der Waals surface area contributed by atoms with E-state index in [2.05, 4.69) is 27.5 Å². The lowest BCUT2D eigenvalue weighted by atomic mass is 10.2. The fourth-order valence-corrected chi connectivity index (χ4v) is 2.50. The van der Waals surface area contributed by atoms with E-state index in [4.69, 9.17) is 14.2 Å². The standard InChI is InChI=1S/C19H26N4O4/c1-5-6-7-9-20-18(24)14-8-10-21-19(23-14)22-13-11-15(25-2)17(27-4)16(12-13)26-3/h8,10-12H,5-7,9H2,1-4H3,(H,20,24)(H,21,22,23). The molecule has 8 nitrogen and oxygen atoms in total. The van der Waals surface area contributed by atoms with Gasteiger partial charge in [0.25, 0.3) is 5.91 Å². The largest absolute Gasteiger partial charge is 0.493 e. The molecule has 146 valence electrons. The van der Waals surface area contributed by atoms with Crippen LogP contribution in [0.15, 0.2) is 24.4 Å². The van der Waals surface area contributed by atoms with Crippen molar-refractivity contribution in [3.05, 3.63) is 30.1 Å². The SMILES string of the molecule is CCCCCNC(=O)c1ccnc(Nc2cc(OC)c(OC)c(OC)c2)n1. The Hall–Kier alpha value is -3.03. The van der Waals surface area contributed by atoms with Gasteiger partial charge < -0.3 is 24.8 Å². The van der Waals surface area contributed by atoms with Crippen molar-refractivity contribution in [1.29, 1.82) is 0 Å². The summed E-state index contributed by atoms with van der Waals surface area (Å²) in [5.41, 5.74) is 0.946. The zero-order valence-electron chi connectivity index (χ0n) is 16.2. The Morgan fingerprint density at radius 3 is 2.37 bits per heavy atom. The van der Waals surface area contributed by atoms with Crippen LogP contribution in [-0.4, -0.2) is 43.7 Å². The second-order valence-electron chi connectivity index (χ2n) is 5.77. The summed E-state index contributed by atoms with van der Waals surface area (Å²) in [5, 5.41) is 5.92. The van der Waals surface area contributed by atoms with E-state index in [0.717, 1.165) is 19.3 Å². The molecular formula is C19H26N4O4. The molecule has 0 saturated heterocycles. The summed E-state index contributed by atoms with van der Waals surface area (Å²) in [6, 6.07) is 5.06. The fourth-order valence-electron chi connectivity index (χ4n) is 2.50. The van der Waals surface area contributed by atoms with Crippen LogP contribution in [0.2, 0.25) is 0 Å². The minimum absolute atomic E-state index is 0.221. The number of unbranched alkanes of at least 4 members (excludes halogenated alkanes) is 2. The Morgan fingerprint density at radius 1 is 1.07 bits per heavy atom. The lowest BCUT2D eigenvalue weighted by molar-refractivity contribution is 0.0948. The van der Waals surface area contributed by atoms with Gasteiger partial charge in [-0.15, -0.1) is 0 Å². The molecule has 2 N–H and O–H groups in total. The van der Waals surface area contributed by atoms with Crippen LogP contribution in [0.3, 0.4) is 0 Å². The zero-order chi connectivity index (χ0) is 19.6. The van der Waals surface area contributed by atoms with E-state index < -0.39 is 0 Å². The number of ether oxygens (including phenoxy) is 3. The van der Waals surface area contributed by atoms with Crippen LogP contribution in [0.5, 0.6) is 17.2 Å².